The number of hydrogen-bond donors (Lipinski definition) is 0. The molecule has 0 bridgehead atoms. The lowest BCUT2D eigenvalue weighted by Crippen LogP contribution is -2.60. The molecule has 2 aliphatic rings. The number of benzene rings is 7. The van der Waals surface area contributed by atoms with E-state index in [9.17, 15) is 0 Å². The van der Waals surface area contributed by atoms with Gasteiger partial charge in [-0.1, -0.05) is 157 Å². The SMILES string of the molecule is CC(C)(C)c1ccc2ccccc2c1N1c2cccc3c2B(c2sc4ccccc4c2N3c2c(C(C)(C)C)ccc3ccccc23)c2c1sc1ccccc21. The van der Waals surface area contributed by atoms with E-state index >= 15 is 0 Å². The molecule has 0 radical (unpaired) electrons. The van der Waals surface area contributed by atoms with Crippen molar-refractivity contribution in [2.24, 2.45) is 0 Å². The van der Waals surface area contributed by atoms with Crippen LogP contribution in [0.4, 0.5) is 33.4 Å². The van der Waals surface area contributed by atoms with Gasteiger partial charge in [0, 0.05) is 41.7 Å². The molecule has 2 nitrogen and oxygen atoms in total. The predicted octanol–water partition coefficient (Wildman–Crippen LogP) is 13.1. The van der Waals surface area contributed by atoms with Crippen LogP contribution in [-0.4, -0.2) is 6.71 Å². The van der Waals surface area contributed by atoms with E-state index < -0.39 is 0 Å². The molecule has 0 spiro atoms. The summed E-state index contributed by atoms with van der Waals surface area (Å²) in [5.41, 5.74) is 11.8. The standard InChI is InChI=1S/C50H41BN2S2/c1-49(2,3)36-28-26-30-16-7-9-18-32(30)44(36)52-38-22-15-23-39-43(38)51(47-46(52)35-21-12-14-25-41(35)54-47)42-34-20-11-13-24-40(34)55-48(42)53(39)45-33-19-10-8-17-31(33)27-29-37(45)50(4,5)6/h7-29H,1-6H3. The minimum atomic E-state index is -0.0929. The molecule has 0 saturated heterocycles. The summed E-state index contributed by atoms with van der Waals surface area (Å²) in [6, 6.07) is 52.7. The fraction of sp³-hybridized carbons (Fsp3) is 0.160. The van der Waals surface area contributed by atoms with Crippen LogP contribution in [0.1, 0.15) is 52.7 Å². The third-order valence-electron chi connectivity index (χ3n) is 11.9. The molecule has 4 heterocycles. The summed E-state index contributed by atoms with van der Waals surface area (Å²) in [5.74, 6) is 0. The second-order valence-corrected chi connectivity index (χ2v) is 19.4. The van der Waals surface area contributed by atoms with Crippen molar-refractivity contribution in [3.05, 3.63) is 151 Å². The molecule has 5 heteroatoms. The number of rotatable bonds is 2. The van der Waals surface area contributed by atoms with Crippen LogP contribution >= 0.6 is 22.7 Å². The Morgan fingerprint density at radius 3 is 1.51 bits per heavy atom. The van der Waals surface area contributed by atoms with Gasteiger partial charge in [-0.05, 0) is 73.3 Å². The second kappa shape index (κ2) is 11.6. The number of anilines is 6. The molecule has 266 valence electrons. The van der Waals surface area contributed by atoms with Crippen molar-refractivity contribution in [2.45, 2.75) is 52.4 Å². The summed E-state index contributed by atoms with van der Waals surface area (Å²) < 4.78 is 4.09. The molecule has 11 rings (SSSR count). The number of thiophene rings is 2. The van der Waals surface area contributed by atoms with Gasteiger partial charge in [0.15, 0.2) is 0 Å². The average molecular weight is 745 g/mol. The monoisotopic (exact) mass is 744 g/mol. The second-order valence-electron chi connectivity index (χ2n) is 17.3. The quantitative estimate of drug-likeness (QED) is 0.163. The first-order valence-corrected chi connectivity index (χ1v) is 21.0. The summed E-state index contributed by atoms with van der Waals surface area (Å²) in [5, 5.41) is 9.09. The molecule has 0 saturated carbocycles. The lowest BCUT2D eigenvalue weighted by atomic mass is 9.36. The molecule has 55 heavy (non-hydrogen) atoms. The van der Waals surface area contributed by atoms with E-state index in [2.05, 4.69) is 191 Å². The van der Waals surface area contributed by atoms with Crippen LogP contribution in [-0.2, 0) is 10.8 Å². The largest absolute Gasteiger partial charge is 0.309 e. The molecular weight excluding hydrogens is 704 g/mol. The van der Waals surface area contributed by atoms with Crippen molar-refractivity contribution in [3.8, 4) is 0 Å². The number of nitrogens with zero attached hydrogens (tertiary/aromatic N) is 2. The maximum Gasteiger partial charge on any atom is 0.266 e. The average Bonchev–Trinajstić information content (AvgIpc) is 3.76. The third kappa shape index (κ3) is 4.66. The fourth-order valence-electron chi connectivity index (χ4n) is 9.49. The molecule has 2 aromatic heterocycles. The van der Waals surface area contributed by atoms with Crippen molar-refractivity contribution in [1.82, 2.24) is 0 Å². The van der Waals surface area contributed by atoms with Crippen molar-refractivity contribution in [3.63, 3.8) is 0 Å². The Bertz CT molecular complexity index is 3050. The Morgan fingerprint density at radius 2 is 0.909 bits per heavy atom. The van der Waals surface area contributed by atoms with Crippen molar-refractivity contribution in [1.29, 1.82) is 0 Å². The van der Waals surface area contributed by atoms with Crippen LogP contribution in [0, 0.1) is 0 Å². The van der Waals surface area contributed by atoms with Crippen molar-refractivity contribution in [2.75, 3.05) is 9.80 Å². The van der Waals surface area contributed by atoms with Crippen LogP contribution in [0.15, 0.2) is 140 Å². The highest BCUT2D eigenvalue weighted by atomic mass is 32.1. The lowest BCUT2D eigenvalue weighted by molar-refractivity contribution is 0.591. The topological polar surface area (TPSA) is 6.48 Å². The van der Waals surface area contributed by atoms with Gasteiger partial charge in [-0.25, -0.2) is 0 Å². The summed E-state index contributed by atoms with van der Waals surface area (Å²) in [6.45, 7) is 14.2. The van der Waals surface area contributed by atoms with Gasteiger partial charge in [-0.2, -0.15) is 0 Å². The first-order valence-electron chi connectivity index (χ1n) is 19.4. The third-order valence-corrected chi connectivity index (χ3v) is 14.3. The Balaban J connectivity index is 1.34. The molecule has 0 unspecified atom stereocenters. The zero-order valence-corrected chi connectivity index (χ0v) is 33.7. The highest BCUT2D eigenvalue weighted by molar-refractivity contribution is 7.35. The molecule has 9 aromatic rings. The first-order chi connectivity index (χ1) is 26.6. The Hall–Kier alpha value is -5.36. The van der Waals surface area contributed by atoms with E-state index in [1.807, 2.05) is 22.7 Å². The van der Waals surface area contributed by atoms with Gasteiger partial charge in [0.25, 0.3) is 6.71 Å². The van der Waals surface area contributed by atoms with Crippen LogP contribution in [0.25, 0.3) is 41.7 Å². The van der Waals surface area contributed by atoms with Gasteiger partial charge in [0.1, 0.15) is 0 Å². The minimum Gasteiger partial charge on any atom is -0.309 e. The molecule has 7 aromatic carbocycles. The number of hydrogen-bond acceptors (Lipinski definition) is 4. The summed E-state index contributed by atoms with van der Waals surface area (Å²) in [6.07, 6.45) is 0. The summed E-state index contributed by atoms with van der Waals surface area (Å²) in [7, 11) is 0. The molecule has 0 N–H and O–H groups in total. The van der Waals surface area contributed by atoms with E-state index in [4.69, 9.17) is 0 Å². The maximum atomic E-state index is 2.68. The van der Waals surface area contributed by atoms with Crippen molar-refractivity contribution < 1.29 is 0 Å². The summed E-state index contributed by atoms with van der Waals surface area (Å²) >= 11 is 3.93. The van der Waals surface area contributed by atoms with Crippen LogP contribution in [0.3, 0.4) is 0 Å². The van der Waals surface area contributed by atoms with E-state index in [1.165, 1.54) is 102 Å². The van der Waals surface area contributed by atoms with Gasteiger partial charge in [-0.3, -0.25) is 0 Å². The molecular formula is C50H41BN2S2. The Kier molecular flexibility index (Phi) is 6.95. The first kappa shape index (κ1) is 33.0. The van der Waals surface area contributed by atoms with E-state index in [0.29, 0.717) is 0 Å². The highest BCUT2D eigenvalue weighted by Gasteiger charge is 2.48. The Labute approximate surface area is 331 Å². The molecule has 0 aliphatic carbocycles. The lowest BCUT2D eigenvalue weighted by Gasteiger charge is -2.44. The molecule has 0 atom stereocenters. The van der Waals surface area contributed by atoms with Gasteiger partial charge in [0.05, 0.1) is 22.1 Å². The van der Waals surface area contributed by atoms with Gasteiger partial charge in [0.2, 0.25) is 0 Å². The Morgan fingerprint density at radius 1 is 0.418 bits per heavy atom. The zero-order chi connectivity index (χ0) is 37.4. The van der Waals surface area contributed by atoms with E-state index in [1.54, 1.807) is 0 Å². The minimum absolute atomic E-state index is 0.0818. The highest BCUT2D eigenvalue weighted by Crippen LogP contribution is 2.54. The fourth-order valence-corrected chi connectivity index (χ4v) is 12.1. The predicted molar refractivity (Wildman–Crippen MR) is 244 cm³/mol. The van der Waals surface area contributed by atoms with E-state index in [-0.39, 0.29) is 17.5 Å². The normalized spacial score (nSPS) is 13.9. The number of fused-ring (bicyclic) bond motifs is 10. The maximum absolute atomic E-state index is 2.68. The molecule has 2 aliphatic heterocycles. The van der Waals surface area contributed by atoms with Gasteiger partial charge < -0.3 is 9.80 Å². The van der Waals surface area contributed by atoms with E-state index in [0.717, 1.165) is 0 Å². The summed E-state index contributed by atoms with van der Waals surface area (Å²) in [4.78, 5) is 5.35. The van der Waals surface area contributed by atoms with Gasteiger partial charge in [-0.15, -0.1) is 22.7 Å². The van der Waals surface area contributed by atoms with Crippen LogP contribution in [0.5, 0.6) is 0 Å². The van der Waals surface area contributed by atoms with Gasteiger partial charge >= 0.3 is 0 Å². The van der Waals surface area contributed by atoms with Crippen LogP contribution in [0.2, 0.25) is 0 Å². The smallest absolute Gasteiger partial charge is 0.266 e. The van der Waals surface area contributed by atoms with Crippen molar-refractivity contribution >= 4 is 120 Å². The molecule has 0 amide bonds. The molecule has 0 fully saturated rings. The zero-order valence-electron chi connectivity index (χ0n) is 32.1. The van der Waals surface area contributed by atoms with Crippen LogP contribution < -0.4 is 25.5 Å².